The molecular weight excluding hydrogens is 300 g/mol. The number of ether oxygens (including phenoxy) is 1. The van der Waals surface area contributed by atoms with Crippen molar-refractivity contribution in [3.05, 3.63) is 60.2 Å². The van der Waals surface area contributed by atoms with Crippen LogP contribution >= 0.6 is 0 Å². The van der Waals surface area contributed by atoms with Crippen LogP contribution in [-0.2, 0) is 4.79 Å². The molecule has 0 saturated carbocycles. The number of rotatable bonds is 8. The average molecular weight is 326 g/mol. The van der Waals surface area contributed by atoms with Crippen molar-refractivity contribution in [3.8, 4) is 5.75 Å². The van der Waals surface area contributed by atoms with E-state index in [2.05, 4.69) is 17.6 Å². The highest BCUT2D eigenvalue weighted by Gasteiger charge is 2.09. The first-order valence-corrected chi connectivity index (χ1v) is 8.43. The van der Waals surface area contributed by atoms with E-state index in [4.69, 9.17) is 4.74 Å². The number of hydrogen-bond acceptors (Lipinski definition) is 3. The van der Waals surface area contributed by atoms with Gasteiger partial charge in [-0.05, 0) is 38.0 Å². The Morgan fingerprint density at radius 3 is 2.54 bits per heavy atom. The van der Waals surface area contributed by atoms with Crippen molar-refractivity contribution in [2.24, 2.45) is 0 Å². The highest BCUT2D eigenvalue weighted by molar-refractivity contribution is 5.81. The standard InChI is InChI=1S/C20H26N2O2/c1-4-15(2)24-19-12-8-11-18(13-19)21-14-20(23)22-16(3)17-9-6-5-7-10-17/h5-13,15-16,21H,4,14H2,1-3H3,(H,22,23). The molecule has 128 valence electrons. The summed E-state index contributed by atoms with van der Waals surface area (Å²) >= 11 is 0. The number of benzene rings is 2. The topological polar surface area (TPSA) is 50.4 Å². The van der Waals surface area contributed by atoms with Crippen LogP contribution in [-0.4, -0.2) is 18.6 Å². The molecule has 0 aliphatic carbocycles. The van der Waals surface area contributed by atoms with Gasteiger partial charge >= 0.3 is 0 Å². The van der Waals surface area contributed by atoms with Gasteiger partial charge in [0.05, 0.1) is 18.7 Å². The molecular formula is C20H26N2O2. The van der Waals surface area contributed by atoms with Crippen LogP contribution in [0, 0.1) is 0 Å². The molecule has 24 heavy (non-hydrogen) atoms. The lowest BCUT2D eigenvalue weighted by Crippen LogP contribution is -2.32. The highest BCUT2D eigenvalue weighted by atomic mass is 16.5. The van der Waals surface area contributed by atoms with E-state index in [-0.39, 0.29) is 24.6 Å². The first-order valence-electron chi connectivity index (χ1n) is 8.43. The van der Waals surface area contributed by atoms with Crippen molar-refractivity contribution in [1.82, 2.24) is 5.32 Å². The van der Waals surface area contributed by atoms with Crippen molar-refractivity contribution in [1.29, 1.82) is 0 Å². The van der Waals surface area contributed by atoms with Gasteiger partial charge in [-0.25, -0.2) is 0 Å². The van der Waals surface area contributed by atoms with Gasteiger partial charge in [0.1, 0.15) is 5.75 Å². The van der Waals surface area contributed by atoms with Crippen LogP contribution in [0.4, 0.5) is 5.69 Å². The van der Waals surface area contributed by atoms with Crippen LogP contribution in [0.25, 0.3) is 0 Å². The van der Waals surface area contributed by atoms with Crippen molar-refractivity contribution in [2.75, 3.05) is 11.9 Å². The minimum absolute atomic E-state index is 0.0134. The number of nitrogens with one attached hydrogen (secondary N) is 2. The summed E-state index contributed by atoms with van der Waals surface area (Å²) in [6, 6.07) is 17.6. The van der Waals surface area contributed by atoms with Crippen LogP contribution in [0.2, 0.25) is 0 Å². The van der Waals surface area contributed by atoms with Gasteiger partial charge in [-0.3, -0.25) is 4.79 Å². The summed E-state index contributed by atoms with van der Waals surface area (Å²) in [5.41, 5.74) is 1.97. The van der Waals surface area contributed by atoms with E-state index >= 15 is 0 Å². The number of hydrogen-bond donors (Lipinski definition) is 2. The Balaban J connectivity index is 1.84. The maximum absolute atomic E-state index is 12.1. The first-order chi connectivity index (χ1) is 11.6. The van der Waals surface area contributed by atoms with Crippen LogP contribution in [0.5, 0.6) is 5.75 Å². The summed E-state index contributed by atoms with van der Waals surface area (Å²) in [5, 5.41) is 6.13. The fourth-order valence-corrected chi connectivity index (χ4v) is 2.29. The Morgan fingerprint density at radius 2 is 1.83 bits per heavy atom. The zero-order valence-corrected chi connectivity index (χ0v) is 14.6. The molecule has 0 aromatic heterocycles. The maximum Gasteiger partial charge on any atom is 0.239 e. The molecule has 2 unspecified atom stereocenters. The molecule has 2 aromatic carbocycles. The predicted molar refractivity (Wildman–Crippen MR) is 98.3 cm³/mol. The van der Waals surface area contributed by atoms with Crippen LogP contribution in [0.1, 0.15) is 38.8 Å². The van der Waals surface area contributed by atoms with E-state index in [9.17, 15) is 4.79 Å². The smallest absolute Gasteiger partial charge is 0.239 e. The zero-order chi connectivity index (χ0) is 17.4. The largest absolute Gasteiger partial charge is 0.491 e. The molecule has 0 radical (unpaired) electrons. The van der Waals surface area contributed by atoms with Crippen molar-refractivity contribution in [3.63, 3.8) is 0 Å². The first kappa shape index (κ1) is 17.9. The second-order valence-corrected chi connectivity index (χ2v) is 5.92. The molecule has 0 heterocycles. The minimum Gasteiger partial charge on any atom is -0.491 e. The number of amides is 1. The third kappa shape index (κ3) is 5.61. The van der Waals surface area contributed by atoms with Gasteiger partial charge in [-0.2, -0.15) is 0 Å². The Kier molecular flexibility index (Phi) is 6.67. The van der Waals surface area contributed by atoms with E-state index in [1.807, 2.05) is 68.4 Å². The Hall–Kier alpha value is -2.49. The normalized spacial score (nSPS) is 13.0. The van der Waals surface area contributed by atoms with Gasteiger partial charge in [0, 0.05) is 11.8 Å². The van der Waals surface area contributed by atoms with Gasteiger partial charge in [-0.1, -0.05) is 43.3 Å². The van der Waals surface area contributed by atoms with Crippen molar-refractivity contribution < 1.29 is 9.53 Å². The fraction of sp³-hybridized carbons (Fsp3) is 0.350. The Morgan fingerprint density at radius 1 is 1.08 bits per heavy atom. The van der Waals surface area contributed by atoms with Crippen LogP contribution in [0.15, 0.2) is 54.6 Å². The fourth-order valence-electron chi connectivity index (χ4n) is 2.29. The molecule has 2 N–H and O–H groups in total. The van der Waals surface area contributed by atoms with Gasteiger partial charge in [-0.15, -0.1) is 0 Å². The molecule has 2 rings (SSSR count). The molecule has 0 aliphatic heterocycles. The van der Waals surface area contributed by atoms with Gasteiger partial charge < -0.3 is 15.4 Å². The SMILES string of the molecule is CCC(C)Oc1cccc(NCC(=O)NC(C)c2ccccc2)c1. The van der Waals surface area contributed by atoms with Crippen LogP contribution < -0.4 is 15.4 Å². The third-order valence-electron chi connectivity index (χ3n) is 3.88. The summed E-state index contributed by atoms with van der Waals surface area (Å²) in [4.78, 5) is 12.1. The lowest BCUT2D eigenvalue weighted by molar-refractivity contribution is -0.120. The molecule has 4 heteroatoms. The second-order valence-electron chi connectivity index (χ2n) is 5.92. The van der Waals surface area contributed by atoms with E-state index in [1.54, 1.807) is 0 Å². The molecule has 4 nitrogen and oxygen atoms in total. The van der Waals surface area contributed by atoms with Crippen LogP contribution in [0.3, 0.4) is 0 Å². The number of carbonyl (C=O) groups is 1. The van der Waals surface area contributed by atoms with E-state index in [0.717, 1.165) is 23.4 Å². The average Bonchev–Trinajstić information content (AvgIpc) is 2.61. The van der Waals surface area contributed by atoms with Crippen molar-refractivity contribution >= 4 is 11.6 Å². The summed E-state index contributed by atoms with van der Waals surface area (Å²) in [6.45, 7) is 6.33. The molecule has 2 atom stereocenters. The monoisotopic (exact) mass is 326 g/mol. The van der Waals surface area contributed by atoms with E-state index < -0.39 is 0 Å². The Labute approximate surface area is 144 Å². The molecule has 0 aliphatic rings. The molecule has 2 aromatic rings. The lowest BCUT2D eigenvalue weighted by Gasteiger charge is -2.16. The van der Waals surface area contributed by atoms with E-state index in [0.29, 0.717) is 0 Å². The molecule has 1 amide bonds. The predicted octanol–water partition coefficient (Wildman–Crippen LogP) is 4.15. The third-order valence-corrected chi connectivity index (χ3v) is 3.88. The second kappa shape index (κ2) is 8.96. The van der Waals surface area contributed by atoms with Gasteiger partial charge in [0.15, 0.2) is 0 Å². The molecule has 0 bridgehead atoms. The zero-order valence-electron chi connectivity index (χ0n) is 14.6. The Bertz CT molecular complexity index is 643. The molecule has 0 fully saturated rings. The van der Waals surface area contributed by atoms with Crippen molar-refractivity contribution in [2.45, 2.75) is 39.3 Å². The lowest BCUT2D eigenvalue weighted by atomic mass is 10.1. The maximum atomic E-state index is 12.1. The minimum atomic E-state index is -0.0420. The highest BCUT2D eigenvalue weighted by Crippen LogP contribution is 2.19. The number of carbonyl (C=O) groups excluding carboxylic acids is 1. The van der Waals surface area contributed by atoms with Gasteiger partial charge in [0.25, 0.3) is 0 Å². The summed E-state index contributed by atoms with van der Waals surface area (Å²) in [6.07, 6.45) is 1.13. The molecule has 0 spiro atoms. The van der Waals surface area contributed by atoms with Gasteiger partial charge in [0.2, 0.25) is 5.91 Å². The summed E-state index contributed by atoms with van der Waals surface area (Å²) in [7, 11) is 0. The molecule has 0 saturated heterocycles. The summed E-state index contributed by atoms with van der Waals surface area (Å²) < 4.78 is 5.79. The summed E-state index contributed by atoms with van der Waals surface area (Å²) in [5.74, 6) is 0.770. The quantitative estimate of drug-likeness (QED) is 0.766. The van der Waals surface area contributed by atoms with E-state index in [1.165, 1.54) is 0 Å². The number of anilines is 1.